The fraction of sp³-hybridized carbons (Fsp3) is 0.364. The van der Waals surface area contributed by atoms with Crippen LogP contribution in [0.2, 0.25) is 0 Å². The quantitative estimate of drug-likeness (QED) is 0.585. The van der Waals surface area contributed by atoms with Gasteiger partial charge >= 0.3 is 5.97 Å². The lowest BCUT2D eigenvalue weighted by Gasteiger charge is -2.13. The van der Waals surface area contributed by atoms with Gasteiger partial charge in [-0.15, -0.1) is 0 Å². The predicted molar refractivity (Wildman–Crippen MR) is 55.0 cm³/mol. The van der Waals surface area contributed by atoms with Gasteiger partial charge in [-0.2, -0.15) is 0 Å². The molecule has 0 radical (unpaired) electrons. The topological polar surface area (TPSA) is 38.3 Å². The molecule has 0 heterocycles. The van der Waals surface area contributed by atoms with E-state index in [4.69, 9.17) is 4.74 Å². The molecule has 3 nitrogen and oxygen atoms in total. The number of benzene rings is 1. The smallest absolute Gasteiger partial charge is 0.339 e. The summed E-state index contributed by atoms with van der Waals surface area (Å²) in [5.41, 5.74) is 0.581. The standard InChI is InChI=1S/C11H15NO2/c1-3-12-9(2)14-11(13)10-7-5-4-6-8-10/h4-9,12H,3H2,1-2H3. The summed E-state index contributed by atoms with van der Waals surface area (Å²) in [6, 6.07) is 8.97. The Bertz CT molecular complexity index is 285. The third-order valence-corrected chi connectivity index (χ3v) is 1.78. The first kappa shape index (κ1) is 10.7. The zero-order valence-corrected chi connectivity index (χ0v) is 8.49. The number of hydrogen-bond donors (Lipinski definition) is 1. The van der Waals surface area contributed by atoms with E-state index in [0.717, 1.165) is 6.54 Å². The van der Waals surface area contributed by atoms with Crippen molar-refractivity contribution in [1.82, 2.24) is 5.32 Å². The van der Waals surface area contributed by atoms with Crippen molar-refractivity contribution in [3.05, 3.63) is 35.9 Å². The van der Waals surface area contributed by atoms with Crippen LogP contribution in [0.4, 0.5) is 0 Å². The first-order chi connectivity index (χ1) is 6.74. The lowest BCUT2D eigenvalue weighted by Crippen LogP contribution is -2.30. The summed E-state index contributed by atoms with van der Waals surface area (Å²) >= 11 is 0. The molecule has 0 saturated heterocycles. The van der Waals surface area contributed by atoms with E-state index in [9.17, 15) is 4.79 Å². The van der Waals surface area contributed by atoms with Gasteiger partial charge in [0.2, 0.25) is 0 Å². The van der Waals surface area contributed by atoms with Crippen molar-refractivity contribution in [2.75, 3.05) is 6.54 Å². The van der Waals surface area contributed by atoms with E-state index >= 15 is 0 Å². The van der Waals surface area contributed by atoms with Crippen LogP contribution in [0.1, 0.15) is 24.2 Å². The normalized spacial score (nSPS) is 12.1. The van der Waals surface area contributed by atoms with Gasteiger partial charge in [0.05, 0.1) is 5.56 Å². The van der Waals surface area contributed by atoms with Crippen LogP contribution in [-0.4, -0.2) is 18.7 Å². The molecule has 1 unspecified atom stereocenters. The molecule has 1 atom stereocenters. The Morgan fingerprint density at radius 3 is 2.64 bits per heavy atom. The van der Waals surface area contributed by atoms with E-state index in [0.29, 0.717) is 5.56 Å². The number of rotatable bonds is 4. The third kappa shape index (κ3) is 3.18. The number of esters is 1. The van der Waals surface area contributed by atoms with Crippen LogP contribution in [0, 0.1) is 0 Å². The highest BCUT2D eigenvalue weighted by atomic mass is 16.6. The van der Waals surface area contributed by atoms with Crippen LogP contribution < -0.4 is 5.32 Å². The Morgan fingerprint density at radius 2 is 2.07 bits per heavy atom. The van der Waals surface area contributed by atoms with Gasteiger partial charge in [-0.05, 0) is 25.6 Å². The molecule has 0 saturated carbocycles. The van der Waals surface area contributed by atoms with Crippen molar-refractivity contribution in [3.8, 4) is 0 Å². The molecule has 1 N–H and O–H groups in total. The second-order valence-corrected chi connectivity index (χ2v) is 2.97. The fourth-order valence-corrected chi connectivity index (χ4v) is 1.13. The van der Waals surface area contributed by atoms with Crippen molar-refractivity contribution in [3.63, 3.8) is 0 Å². The monoisotopic (exact) mass is 193 g/mol. The molecule has 0 bridgehead atoms. The van der Waals surface area contributed by atoms with Gasteiger partial charge in [0.15, 0.2) is 6.23 Å². The number of nitrogens with one attached hydrogen (secondary N) is 1. The summed E-state index contributed by atoms with van der Waals surface area (Å²) < 4.78 is 5.13. The first-order valence-corrected chi connectivity index (χ1v) is 4.73. The highest BCUT2D eigenvalue weighted by Crippen LogP contribution is 2.02. The van der Waals surface area contributed by atoms with Crippen LogP contribution >= 0.6 is 0 Å². The molecule has 1 aromatic rings. The summed E-state index contributed by atoms with van der Waals surface area (Å²) in [6.07, 6.45) is -0.243. The number of carbonyl (C=O) groups excluding carboxylic acids is 1. The predicted octanol–water partition coefficient (Wildman–Crippen LogP) is 1.80. The third-order valence-electron chi connectivity index (χ3n) is 1.78. The molecule has 0 fully saturated rings. The van der Waals surface area contributed by atoms with E-state index in [2.05, 4.69) is 5.32 Å². The molecule has 76 valence electrons. The summed E-state index contributed by atoms with van der Waals surface area (Å²) in [4.78, 5) is 11.5. The van der Waals surface area contributed by atoms with E-state index in [1.807, 2.05) is 32.0 Å². The number of hydrogen-bond acceptors (Lipinski definition) is 3. The second kappa shape index (κ2) is 5.40. The average Bonchev–Trinajstić information content (AvgIpc) is 2.19. The molecule has 1 rings (SSSR count). The van der Waals surface area contributed by atoms with Gasteiger partial charge in [-0.1, -0.05) is 25.1 Å². The molecule has 0 amide bonds. The molecule has 1 aromatic carbocycles. The molecule has 0 spiro atoms. The zero-order chi connectivity index (χ0) is 10.4. The van der Waals surface area contributed by atoms with E-state index in [1.165, 1.54) is 0 Å². The van der Waals surface area contributed by atoms with Crippen LogP contribution in [0.25, 0.3) is 0 Å². The minimum Gasteiger partial charge on any atom is -0.443 e. The SMILES string of the molecule is CCNC(C)OC(=O)c1ccccc1. The summed E-state index contributed by atoms with van der Waals surface area (Å²) in [5, 5.41) is 3.00. The highest BCUT2D eigenvalue weighted by Gasteiger charge is 2.09. The van der Waals surface area contributed by atoms with Crippen LogP contribution in [0.3, 0.4) is 0 Å². The van der Waals surface area contributed by atoms with E-state index in [-0.39, 0.29) is 12.2 Å². The second-order valence-electron chi connectivity index (χ2n) is 2.97. The average molecular weight is 193 g/mol. The van der Waals surface area contributed by atoms with Crippen LogP contribution in [0.15, 0.2) is 30.3 Å². The fourth-order valence-electron chi connectivity index (χ4n) is 1.13. The Labute approximate surface area is 84.1 Å². The molecule has 3 heteroatoms. The van der Waals surface area contributed by atoms with Crippen molar-refractivity contribution in [2.45, 2.75) is 20.1 Å². The Balaban J connectivity index is 2.51. The van der Waals surface area contributed by atoms with Crippen molar-refractivity contribution in [1.29, 1.82) is 0 Å². The Kier molecular flexibility index (Phi) is 4.13. The van der Waals surface area contributed by atoms with E-state index in [1.54, 1.807) is 12.1 Å². The van der Waals surface area contributed by atoms with Crippen LogP contribution in [-0.2, 0) is 4.74 Å². The summed E-state index contributed by atoms with van der Waals surface area (Å²) in [5.74, 6) is -0.293. The van der Waals surface area contributed by atoms with Crippen LogP contribution in [0.5, 0.6) is 0 Å². The summed E-state index contributed by atoms with van der Waals surface area (Å²) in [6.45, 7) is 4.56. The molecular weight excluding hydrogens is 178 g/mol. The molecule has 0 aliphatic rings. The maximum atomic E-state index is 11.5. The van der Waals surface area contributed by atoms with Crippen molar-refractivity contribution < 1.29 is 9.53 Å². The van der Waals surface area contributed by atoms with Gasteiger partial charge in [-0.25, -0.2) is 4.79 Å². The summed E-state index contributed by atoms with van der Waals surface area (Å²) in [7, 11) is 0. The lowest BCUT2D eigenvalue weighted by molar-refractivity contribution is 0.0271. The maximum absolute atomic E-state index is 11.5. The molecule has 0 aliphatic heterocycles. The van der Waals surface area contributed by atoms with Gasteiger partial charge in [0.25, 0.3) is 0 Å². The van der Waals surface area contributed by atoms with Gasteiger partial charge in [0, 0.05) is 0 Å². The minimum absolute atomic E-state index is 0.243. The van der Waals surface area contributed by atoms with Gasteiger partial charge in [0.1, 0.15) is 0 Å². The number of ether oxygens (including phenoxy) is 1. The Morgan fingerprint density at radius 1 is 1.43 bits per heavy atom. The Hall–Kier alpha value is -1.35. The maximum Gasteiger partial charge on any atom is 0.339 e. The first-order valence-electron chi connectivity index (χ1n) is 4.73. The van der Waals surface area contributed by atoms with Crippen molar-refractivity contribution in [2.24, 2.45) is 0 Å². The van der Waals surface area contributed by atoms with Gasteiger partial charge < -0.3 is 4.74 Å². The molecule has 14 heavy (non-hydrogen) atoms. The van der Waals surface area contributed by atoms with Gasteiger partial charge in [-0.3, -0.25) is 5.32 Å². The molecule has 0 aliphatic carbocycles. The van der Waals surface area contributed by atoms with Crippen molar-refractivity contribution >= 4 is 5.97 Å². The lowest BCUT2D eigenvalue weighted by atomic mass is 10.2. The number of carbonyl (C=O) groups is 1. The minimum atomic E-state index is -0.293. The largest absolute Gasteiger partial charge is 0.443 e. The zero-order valence-electron chi connectivity index (χ0n) is 8.49. The van der Waals surface area contributed by atoms with E-state index < -0.39 is 0 Å². The molecule has 0 aromatic heterocycles. The molecular formula is C11H15NO2. The highest BCUT2D eigenvalue weighted by molar-refractivity contribution is 5.89.